The number of halogens is 3. The molecule has 1 aliphatic heterocycles. The normalized spacial score (nSPS) is 20.5. The van der Waals surface area contributed by atoms with E-state index < -0.39 is 17.6 Å². The molecule has 4 N–H and O–H groups in total. The molecular weight excluding hydrogens is 235 g/mol. The van der Waals surface area contributed by atoms with Gasteiger partial charge in [-0.25, -0.2) is 4.98 Å². The first-order valence-electron chi connectivity index (χ1n) is 5.14. The lowest BCUT2D eigenvalue weighted by molar-refractivity contribution is -0.137. The Hall–Kier alpha value is -1.57. The van der Waals surface area contributed by atoms with Crippen LogP contribution in [0.15, 0.2) is 6.20 Å². The van der Waals surface area contributed by atoms with Crippen LogP contribution in [0.25, 0.3) is 0 Å². The highest BCUT2D eigenvalue weighted by Crippen LogP contribution is 2.32. The zero-order chi connectivity index (χ0) is 12.5. The van der Waals surface area contributed by atoms with Crippen molar-refractivity contribution in [2.24, 2.45) is 0 Å². The molecule has 0 saturated carbocycles. The van der Waals surface area contributed by atoms with Crippen molar-refractivity contribution in [1.29, 1.82) is 0 Å². The van der Waals surface area contributed by atoms with Crippen LogP contribution in [0.1, 0.15) is 12.0 Å². The quantitative estimate of drug-likeness (QED) is 0.722. The molecule has 5 nitrogen and oxygen atoms in total. The highest BCUT2D eigenvalue weighted by Gasteiger charge is 2.34. The van der Waals surface area contributed by atoms with Gasteiger partial charge in [0.05, 0.1) is 0 Å². The minimum atomic E-state index is -4.52. The van der Waals surface area contributed by atoms with E-state index in [1.807, 2.05) is 0 Å². The minimum absolute atomic E-state index is 0.129. The molecule has 0 spiro atoms. The van der Waals surface area contributed by atoms with Crippen LogP contribution in [-0.2, 0) is 6.18 Å². The maximum absolute atomic E-state index is 12.4. The Bertz CT molecular complexity index is 400. The van der Waals surface area contributed by atoms with Crippen molar-refractivity contribution in [2.45, 2.75) is 18.6 Å². The van der Waals surface area contributed by atoms with Crippen LogP contribution in [0.4, 0.5) is 24.9 Å². The van der Waals surface area contributed by atoms with Gasteiger partial charge >= 0.3 is 6.18 Å². The molecule has 94 valence electrons. The Kier molecular flexibility index (Phi) is 3.05. The van der Waals surface area contributed by atoms with Gasteiger partial charge < -0.3 is 16.4 Å². The second kappa shape index (κ2) is 4.36. The fourth-order valence-electron chi connectivity index (χ4n) is 1.64. The number of anilines is 2. The summed E-state index contributed by atoms with van der Waals surface area (Å²) in [6.07, 6.45) is -2.94. The molecule has 1 saturated heterocycles. The van der Waals surface area contributed by atoms with E-state index in [1.165, 1.54) is 0 Å². The lowest BCUT2D eigenvalue weighted by Gasteiger charge is -2.13. The predicted molar refractivity (Wildman–Crippen MR) is 56.3 cm³/mol. The minimum Gasteiger partial charge on any atom is -0.383 e. The van der Waals surface area contributed by atoms with Gasteiger partial charge in [-0.1, -0.05) is 0 Å². The van der Waals surface area contributed by atoms with Crippen molar-refractivity contribution in [2.75, 3.05) is 24.1 Å². The third-order valence-electron chi connectivity index (χ3n) is 2.52. The Morgan fingerprint density at radius 1 is 1.47 bits per heavy atom. The number of nitrogens with one attached hydrogen (secondary N) is 2. The third kappa shape index (κ3) is 2.76. The van der Waals surface area contributed by atoms with E-state index in [2.05, 4.69) is 20.6 Å². The molecule has 0 aliphatic carbocycles. The topological polar surface area (TPSA) is 75.9 Å². The summed E-state index contributed by atoms with van der Waals surface area (Å²) in [5.41, 5.74) is 4.25. The second-order valence-electron chi connectivity index (χ2n) is 3.82. The molecule has 0 aromatic carbocycles. The van der Waals surface area contributed by atoms with E-state index in [-0.39, 0.29) is 12.0 Å². The molecular formula is C9H12F3N5. The van der Waals surface area contributed by atoms with E-state index in [4.69, 9.17) is 5.73 Å². The number of alkyl halides is 3. The standard InChI is InChI=1S/C9H12F3N5/c10-9(11,12)6-4-15-8(17-7(6)13)16-5-1-2-14-3-5/h4-5,14H,1-3H2,(H3,13,15,16,17)/t5-/m1/s1. The highest BCUT2D eigenvalue weighted by molar-refractivity contribution is 5.44. The van der Waals surface area contributed by atoms with Crippen LogP contribution < -0.4 is 16.4 Å². The number of hydrogen-bond donors (Lipinski definition) is 3. The van der Waals surface area contributed by atoms with Crippen LogP contribution >= 0.6 is 0 Å². The molecule has 2 rings (SSSR count). The van der Waals surface area contributed by atoms with E-state index in [0.717, 1.165) is 19.5 Å². The number of nitrogens with two attached hydrogens (primary N) is 1. The number of nitrogen functional groups attached to an aromatic ring is 1. The van der Waals surface area contributed by atoms with Crippen LogP contribution in [0.2, 0.25) is 0 Å². The molecule has 1 fully saturated rings. The Morgan fingerprint density at radius 3 is 2.76 bits per heavy atom. The average Bonchev–Trinajstić information content (AvgIpc) is 2.68. The first-order valence-corrected chi connectivity index (χ1v) is 5.14. The van der Waals surface area contributed by atoms with Crippen molar-refractivity contribution < 1.29 is 13.2 Å². The maximum atomic E-state index is 12.4. The van der Waals surface area contributed by atoms with Crippen molar-refractivity contribution in [3.63, 3.8) is 0 Å². The fourth-order valence-corrected chi connectivity index (χ4v) is 1.64. The molecule has 2 heterocycles. The summed E-state index contributed by atoms with van der Waals surface area (Å²) in [6, 6.07) is 0.131. The zero-order valence-corrected chi connectivity index (χ0v) is 8.88. The summed E-state index contributed by atoms with van der Waals surface area (Å²) in [5, 5.41) is 6.04. The average molecular weight is 247 g/mol. The smallest absolute Gasteiger partial charge is 0.383 e. The van der Waals surface area contributed by atoms with Crippen molar-refractivity contribution in [3.05, 3.63) is 11.8 Å². The molecule has 0 radical (unpaired) electrons. The summed E-state index contributed by atoms with van der Waals surface area (Å²) in [6.45, 7) is 1.61. The molecule has 8 heteroatoms. The summed E-state index contributed by atoms with van der Waals surface area (Å²) >= 11 is 0. The van der Waals surface area contributed by atoms with Crippen molar-refractivity contribution in [3.8, 4) is 0 Å². The van der Waals surface area contributed by atoms with Gasteiger partial charge in [-0.3, -0.25) is 0 Å². The van der Waals surface area contributed by atoms with Crippen LogP contribution in [0.5, 0.6) is 0 Å². The lowest BCUT2D eigenvalue weighted by Crippen LogP contribution is -2.24. The second-order valence-corrected chi connectivity index (χ2v) is 3.82. The Balaban J connectivity index is 2.13. The summed E-state index contributed by atoms with van der Waals surface area (Å²) in [4.78, 5) is 7.23. The van der Waals surface area contributed by atoms with E-state index in [9.17, 15) is 13.2 Å². The van der Waals surface area contributed by atoms with E-state index in [0.29, 0.717) is 6.20 Å². The maximum Gasteiger partial charge on any atom is 0.421 e. The third-order valence-corrected chi connectivity index (χ3v) is 2.52. The molecule has 1 aromatic heterocycles. The number of hydrogen-bond acceptors (Lipinski definition) is 5. The largest absolute Gasteiger partial charge is 0.421 e. The van der Waals surface area contributed by atoms with E-state index >= 15 is 0 Å². The molecule has 1 atom stereocenters. The van der Waals surface area contributed by atoms with Crippen LogP contribution in [-0.4, -0.2) is 29.1 Å². The molecule has 1 aliphatic rings. The lowest BCUT2D eigenvalue weighted by atomic mass is 10.2. The molecule has 0 unspecified atom stereocenters. The Labute approximate surface area is 95.6 Å². The predicted octanol–water partition coefficient (Wildman–Crippen LogP) is 0.851. The van der Waals surface area contributed by atoms with Gasteiger partial charge in [0, 0.05) is 18.8 Å². The first kappa shape index (κ1) is 11.9. The van der Waals surface area contributed by atoms with Crippen LogP contribution in [0.3, 0.4) is 0 Å². The molecule has 1 aromatic rings. The van der Waals surface area contributed by atoms with Gasteiger partial charge in [0.25, 0.3) is 0 Å². The SMILES string of the molecule is Nc1nc(N[C@@H]2CCNC2)ncc1C(F)(F)F. The number of rotatable bonds is 2. The monoisotopic (exact) mass is 247 g/mol. The van der Waals surface area contributed by atoms with Crippen molar-refractivity contribution >= 4 is 11.8 Å². The van der Waals surface area contributed by atoms with Gasteiger partial charge in [0.15, 0.2) is 0 Å². The fraction of sp³-hybridized carbons (Fsp3) is 0.556. The van der Waals surface area contributed by atoms with Gasteiger partial charge in [0.1, 0.15) is 11.4 Å². The molecule has 17 heavy (non-hydrogen) atoms. The first-order chi connectivity index (χ1) is 7.97. The summed E-state index contributed by atoms with van der Waals surface area (Å²) in [5.74, 6) is -0.426. The summed E-state index contributed by atoms with van der Waals surface area (Å²) < 4.78 is 37.2. The zero-order valence-electron chi connectivity index (χ0n) is 8.88. The number of aromatic nitrogens is 2. The van der Waals surface area contributed by atoms with Gasteiger partial charge in [-0.05, 0) is 13.0 Å². The Morgan fingerprint density at radius 2 is 2.24 bits per heavy atom. The number of nitrogens with zero attached hydrogens (tertiary/aromatic N) is 2. The van der Waals surface area contributed by atoms with Gasteiger partial charge in [0.2, 0.25) is 5.95 Å². The van der Waals surface area contributed by atoms with Gasteiger partial charge in [-0.2, -0.15) is 18.2 Å². The molecule has 0 amide bonds. The summed E-state index contributed by atoms with van der Waals surface area (Å²) in [7, 11) is 0. The van der Waals surface area contributed by atoms with E-state index in [1.54, 1.807) is 0 Å². The van der Waals surface area contributed by atoms with Gasteiger partial charge in [-0.15, -0.1) is 0 Å². The highest BCUT2D eigenvalue weighted by atomic mass is 19.4. The van der Waals surface area contributed by atoms with Crippen LogP contribution in [0, 0.1) is 0 Å². The molecule has 0 bridgehead atoms. The van der Waals surface area contributed by atoms with Crippen molar-refractivity contribution in [1.82, 2.24) is 15.3 Å².